The summed E-state index contributed by atoms with van der Waals surface area (Å²) in [6, 6.07) is 8.44. The number of aromatic nitrogens is 2. The lowest BCUT2D eigenvalue weighted by atomic mass is 10.1. The molecule has 0 saturated heterocycles. The number of rotatable bonds is 7. The van der Waals surface area contributed by atoms with Gasteiger partial charge in [0.2, 0.25) is 0 Å². The predicted molar refractivity (Wildman–Crippen MR) is 81.2 cm³/mol. The average molecular weight is 259 g/mol. The Hall–Kier alpha value is -1.35. The summed E-state index contributed by atoms with van der Waals surface area (Å²) in [5.41, 5.74) is 7.93. The summed E-state index contributed by atoms with van der Waals surface area (Å²) < 4.78 is 2.39. The van der Waals surface area contributed by atoms with E-state index in [9.17, 15) is 0 Å². The third-order valence-corrected chi connectivity index (χ3v) is 3.39. The van der Waals surface area contributed by atoms with E-state index >= 15 is 0 Å². The molecule has 104 valence electrons. The van der Waals surface area contributed by atoms with Gasteiger partial charge in [-0.25, -0.2) is 4.98 Å². The molecule has 3 heteroatoms. The fourth-order valence-electron chi connectivity index (χ4n) is 2.49. The fourth-order valence-corrected chi connectivity index (χ4v) is 2.49. The molecule has 0 saturated carbocycles. The van der Waals surface area contributed by atoms with Crippen LogP contribution in [0, 0.1) is 5.92 Å². The third-order valence-electron chi connectivity index (χ3n) is 3.39. The van der Waals surface area contributed by atoms with Crippen LogP contribution in [0.4, 0.5) is 0 Å². The lowest BCUT2D eigenvalue weighted by Crippen LogP contribution is -2.09. The standard InChI is InChI=1S/C16H25N3/c1-13(2)12-19-15-9-6-5-8-14(15)18-16(19)10-4-3-7-11-17/h5-6,8-9,13H,3-4,7,10-12,17H2,1-2H3. The van der Waals surface area contributed by atoms with E-state index in [4.69, 9.17) is 10.7 Å². The van der Waals surface area contributed by atoms with Gasteiger partial charge in [-0.2, -0.15) is 0 Å². The second-order valence-corrected chi connectivity index (χ2v) is 5.62. The molecular formula is C16H25N3. The molecular weight excluding hydrogens is 234 g/mol. The van der Waals surface area contributed by atoms with Gasteiger partial charge in [-0.05, 0) is 37.4 Å². The van der Waals surface area contributed by atoms with Crippen molar-refractivity contribution in [3.05, 3.63) is 30.1 Å². The van der Waals surface area contributed by atoms with E-state index in [0.717, 1.165) is 31.4 Å². The molecule has 0 fully saturated rings. The van der Waals surface area contributed by atoms with E-state index in [1.54, 1.807) is 0 Å². The largest absolute Gasteiger partial charge is 0.330 e. The highest BCUT2D eigenvalue weighted by Gasteiger charge is 2.10. The number of benzene rings is 1. The predicted octanol–water partition coefficient (Wildman–Crippen LogP) is 3.36. The molecule has 1 heterocycles. The van der Waals surface area contributed by atoms with Crippen LogP contribution in [-0.2, 0) is 13.0 Å². The Morgan fingerprint density at radius 2 is 1.95 bits per heavy atom. The van der Waals surface area contributed by atoms with E-state index in [0.29, 0.717) is 5.92 Å². The van der Waals surface area contributed by atoms with Gasteiger partial charge < -0.3 is 10.3 Å². The third kappa shape index (κ3) is 3.57. The normalized spacial score (nSPS) is 11.6. The minimum Gasteiger partial charge on any atom is -0.330 e. The number of hydrogen-bond donors (Lipinski definition) is 1. The summed E-state index contributed by atoms with van der Waals surface area (Å²) in [4.78, 5) is 4.80. The van der Waals surface area contributed by atoms with E-state index in [1.165, 1.54) is 24.2 Å². The van der Waals surface area contributed by atoms with Crippen LogP contribution < -0.4 is 5.73 Å². The first-order chi connectivity index (χ1) is 9.22. The Morgan fingerprint density at radius 1 is 1.16 bits per heavy atom. The summed E-state index contributed by atoms with van der Waals surface area (Å²) in [7, 11) is 0. The van der Waals surface area contributed by atoms with Crippen LogP contribution in [-0.4, -0.2) is 16.1 Å². The Bertz CT molecular complexity index is 514. The number of aryl methyl sites for hydroxylation is 1. The first-order valence-electron chi connectivity index (χ1n) is 7.36. The Balaban J connectivity index is 2.20. The molecule has 1 aromatic heterocycles. The Morgan fingerprint density at radius 3 is 2.68 bits per heavy atom. The number of nitrogens with zero attached hydrogens (tertiary/aromatic N) is 2. The average Bonchev–Trinajstić information content (AvgIpc) is 2.73. The highest BCUT2D eigenvalue weighted by molar-refractivity contribution is 5.75. The second-order valence-electron chi connectivity index (χ2n) is 5.62. The quantitative estimate of drug-likeness (QED) is 0.775. The smallest absolute Gasteiger partial charge is 0.109 e. The number of nitrogens with two attached hydrogens (primary N) is 1. The van der Waals surface area contributed by atoms with Crippen molar-refractivity contribution in [1.82, 2.24) is 9.55 Å². The molecule has 0 aliphatic carbocycles. The van der Waals surface area contributed by atoms with Gasteiger partial charge in [0.15, 0.2) is 0 Å². The summed E-state index contributed by atoms with van der Waals surface area (Å²) in [6.07, 6.45) is 4.55. The number of hydrogen-bond acceptors (Lipinski definition) is 2. The van der Waals surface area contributed by atoms with Crippen LogP contribution in [0.3, 0.4) is 0 Å². The van der Waals surface area contributed by atoms with Gasteiger partial charge in [0.25, 0.3) is 0 Å². The van der Waals surface area contributed by atoms with Gasteiger partial charge in [0.05, 0.1) is 11.0 Å². The molecule has 3 nitrogen and oxygen atoms in total. The molecule has 19 heavy (non-hydrogen) atoms. The van der Waals surface area contributed by atoms with Crippen molar-refractivity contribution >= 4 is 11.0 Å². The van der Waals surface area contributed by atoms with E-state index in [-0.39, 0.29) is 0 Å². The SMILES string of the molecule is CC(C)Cn1c(CCCCCN)nc2ccccc21. The molecule has 2 rings (SSSR count). The maximum Gasteiger partial charge on any atom is 0.109 e. The zero-order chi connectivity index (χ0) is 13.7. The number of imidazole rings is 1. The van der Waals surface area contributed by atoms with Crippen molar-refractivity contribution < 1.29 is 0 Å². The highest BCUT2D eigenvalue weighted by Crippen LogP contribution is 2.19. The number of unbranched alkanes of at least 4 members (excludes halogenated alkanes) is 2. The van der Waals surface area contributed by atoms with Crippen LogP contribution in [0.15, 0.2) is 24.3 Å². The Labute approximate surface area is 115 Å². The van der Waals surface area contributed by atoms with Gasteiger partial charge in [0, 0.05) is 13.0 Å². The summed E-state index contributed by atoms with van der Waals surface area (Å²) in [5.74, 6) is 1.87. The molecule has 0 amide bonds. The van der Waals surface area contributed by atoms with Crippen LogP contribution in [0.25, 0.3) is 11.0 Å². The molecule has 0 spiro atoms. The minimum atomic E-state index is 0.639. The maximum atomic E-state index is 5.54. The van der Waals surface area contributed by atoms with Crippen molar-refractivity contribution in [2.45, 2.75) is 46.1 Å². The number of para-hydroxylation sites is 2. The van der Waals surface area contributed by atoms with Crippen molar-refractivity contribution in [3.63, 3.8) is 0 Å². The molecule has 0 aliphatic heterocycles. The maximum absolute atomic E-state index is 5.54. The molecule has 0 unspecified atom stereocenters. The number of fused-ring (bicyclic) bond motifs is 1. The fraction of sp³-hybridized carbons (Fsp3) is 0.562. The van der Waals surface area contributed by atoms with Gasteiger partial charge in [-0.1, -0.05) is 32.4 Å². The molecule has 2 N–H and O–H groups in total. The lowest BCUT2D eigenvalue weighted by Gasteiger charge is -2.11. The summed E-state index contributed by atoms with van der Waals surface area (Å²) in [6.45, 7) is 6.36. The molecule has 1 aromatic carbocycles. The minimum absolute atomic E-state index is 0.639. The topological polar surface area (TPSA) is 43.8 Å². The van der Waals surface area contributed by atoms with Crippen LogP contribution in [0.1, 0.15) is 38.9 Å². The zero-order valence-corrected chi connectivity index (χ0v) is 12.1. The summed E-state index contributed by atoms with van der Waals surface area (Å²) >= 11 is 0. The molecule has 0 aliphatic rings. The van der Waals surface area contributed by atoms with Crippen LogP contribution >= 0.6 is 0 Å². The van der Waals surface area contributed by atoms with Crippen molar-refractivity contribution in [3.8, 4) is 0 Å². The van der Waals surface area contributed by atoms with Crippen molar-refractivity contribution in [2.24, 2.45) is 11.7 Å². The molecule has 0 radical (unpaired) electrons. The first kappa shape index (κ1) is 14.1. The van der Waals surface area contributed by atoms with Crippen LogP contribution in [0.2, 0.25) is 0 Å². The molecule has 0 bridgehead atoms. The molecule has 0 atom stereocenters. The second kappa shape index (κ2) is 6.71. The van der Waals surface area contributed by atoms with E-state index < -0.39 is 0 Å². The van der Waals surface area contributed by atoms with Gasteiger partial charge in [-0.15, -0.1) is 0 Å². The zero-order valence-electron chi connectivity index (χ0n) is 12.1. The monoisotopic (exact) mass is 259 g/mol. The first-order valence-corrected chi connectivity index (χ1v) is 7.36. The Kier molecular flexibility index (Phi) is 4.97. The van der Waals surface area contributed by atoms with Crippen LogP contribution in [0.5, 0.6) is 0 Å². The highest BCUT2D eigenvalue weighted by atomic mass is 15.1. The van der Waals surface area contributed by atoms with Crippen molar-refractivity contribution in [2.75, 3.05) is 6.54 Å². The van der Waals surface area contributed by atoms with Gasteiger partial charge >= 0.3 is 0 Å². The lowest BCUT2D eigenvalue weighted by molar-refractivity contribution is 0.511. The van der Waals surface area contributed by atoms with Gasteiger partial charge in [-0.3, -0.25) is 0 Å². The van der Waals surface area contributed by atoms with Gasteiger partial charge in [0.1, 0.15) is 5.82 Å². The van der Waals surface area contributed by atoms with E-state index in [1.807, 2.05) is 0 Å². The van der Waals surface area contributed by atoms with E-state index in [2.05, 4.69) is 42.7 Å². The van der Waals surface area contributed by atoms with Crippen molar-refractivity contribution in [1.29, 1.82) is 0 Å². The molecule has 2 aromatic rings. The summed E-state index contributed by atoms with van der Waals surface area (Å²) in [5, 5.41) is 0.